The van der Waals surface area contributed by atoms with Crippen LogP contribution in [-0.2, 0) is 9.59 Å². The van der Waals surface area contributed by atoms with Crippen LogP contribution in [0.1, 0.15) is 15.9 Å². The van der Waals surface area contributed by atoms with Gasteiger partial charge in [0.1, 0.15) is 10.7 Å². The Bertz CT molecular complexity index is 1370. The van der Waals surface area contributed by atoms with Gasteiger partial charge in [0, 0.05) is 22.0 Å². The van der Waals surface area contributed by atoms with E-state index in [1.54, 1.807) is 54.6 Å². The molecule has 0 radical (unpaired) electrons. The summed E-state index contributed by atoms with van der Waals surface area (Å²) in [5, 5.41) is 6.21. The van der Waals surface area contributed by atoms with Crippen LogP contribution in [0.5, 0.6) is 0 Å². The number of hydrogen-bond acceptors (Lipinski definition) is 4. The van der Waals surface area contributed by atoms with Gasteiger partial charge in [0.2, 0.25) is 0 Å². The van der Waals surface area contributed by atoms with Gasteiger partial charge in [0.05, 0.1) is 15.7 Å². The molecule has 1 heterocycles. The van der Waals surface area contributed by atoms with Gasteiger partial charge < -0.3 is 10.6 Å². The summed E-state index contributed by atoms with van der Waals surface area (Å²) in [6, 6.07) is 16.1. The minimum absolute atomic E-state index is 0.0582. The summed E-state index contributed by atoms with van der Waals surface area (Å²) in [5.41, 5.74) is 2.33. The van der Waals surface area contributed by atoms with E-state index in [2.05, 4.69) is 10.6 Å². The number of carbonyl (C=O) groups is 3. The van der Waals surface area contributed by atoms with Gasteiger partial charge in [-0.25, -0.2) is 4.90 Å². The number of halogens is 4. The molecule has 4 rings (SSSR count). The van der Waals surface area contributed by atoms with Crippen LogP contribution in [-0.4, -0.2) is 17.7 Å². The fraction of sp³-hybridized carbons (Fsp3) is 0.0417. The minimum atomic E-state index is -0.729. The molecule has 0 saturated heterocycles. The number of aryl methyl sites for hydroxylation is 1. The number of imide groups is 1. The van der Waals surface area contributed by atoms with Crippen LogP contribution < -0.4 is 15.5 Å². The van der Waals surface area contributed by atoms with Gasteiger partial charge in [-0.05, 0) is 67.1 Å². The topological polar surface area (TPSA) is 78.5 Å². The number of anilines is 3. The average molecular weight is 535 g/mol. The van der Waals surface area contributed by atoms with Crippen LogP contribution in [0.4, 0.5) is 17.1 Å². The fourth-order valence-corrected chi connectivity index (χ4v) is 4.13. The maximum absolute atomic E-state index is 13.0. The molecule has 1 aliphatic heterocycles. The maximum Gasteiger partial charge on any atom is 0.283 e. The average Bonchev–Trinajstić information content (AvgIpc) is 3.01. The van der Waals surface area contributed by atoms with Gasteiger partial charge in [-0.1, -0.05) is 52.5 Å². The van der Waals surface area contributed by atoms with Crippen molar-refractivity contribution in [3.05, 3.63) is 97.6 Å². The number of benzene rings is 3. The van der Waals surface area contributed by atoms with E-state index >= 15 is 0 Å². The molecule has 0 aliphatic carbocycles. The number of nitrogens with zero attached hydrogens (tertiary/aromatic N) is 1. The van der Waals surface area contributed by atoms with Crippen molar-refractivity contribution in [1.29, 1.82) is 0 Å². The third-order valence-electron chi connectivity index (χ3n) is 5.05. The highest BCUT2D eigenvalue weighted by atomic mass is 35.5. The Morgan fingerprint density at radius 3 is 2.26 bits per heavy atom. The Morgan fingerprint density at radius 2 is 1.59 bits per heavy atom. The molecule has 3 aromatic carbocycles. The van der Waals surface area contributed by atoms with Crippen LogP contribution in [0, 0.1) is 6.92 Å². The lowest BCUT2D eigenvalue weighted by molar-refractivity contribution is -0.120. The van der Waals surface area contributed by atoms with E-state index in [9.17, 15) is 14.4 Å². The van der Waals surface area contributed by atoms with Crippen molar-refractivity contribution in [2.45, 2.75) is 6.92 Å². The molecule has 3 amide bonds. The van der Waals surface area contributed by atoms with E-state index in [0.29, 0.717) is 22.0 Å². The summed E-state index contributed by atoms with van der Waals surface area (Å²) in [4.78, 5) is 39.1. The van der Waals surface area contributed by atoms with E-state index in [1.807, 2.05) is 6.92 Å². The van der Waals surface area contributed by atoms with Crippen LogP contribution in [0.25, 0.3) is 0 Å². The molecule has 0 aromatic heterocycles. The van der Waals surface area contributed by atoms with Crippen molar-refractivity contribution in [3.8, 4) is 0 Å². The van der Waals surface area contributed by atoms with E-state index in [0.717, 1.165) is 10.5 Å². The SMILES string of the molecule is Cc1cc(Cl)ccc1NC(=O)c1ccc(NC2=C(Cl)C(=O)N(c3cccc(Cl)c3Cl)C2=O)cc1. The van der Waals surface area contributed by atoms with Crippen LogP contribution in [0.15, 0.2) is 71.4 Å². The molecule has 0 bridgehead atoms. The molecule has 0 unspecified atom stereocenters. The highest BCUT2D eigenvalue weighted by Crippen LogP contribution is 2.37. The molecule has 0 atom stereocenters. The van der Waals surface area contributed by atoms with Crippen LogP contribution in [0.3, 0.4) is 0 Å². The number of carbonyl (C=O) groups excluding carboxylic acids is 3. The van der Waals surface area contributed by atoms with Gasteiger partial charge in [0.15, 0.2) is 0 Å². The molecular formula is C24H15Cl4N3O3. The molecule has 2 N–H and O–H groups in total. The summed E-state index contributed by atoms with van der Waals surface area (Å²) in [6.07, 6.45) is 0. The first-order valence-corrected chi connectivity index (χ1v) is 11.4. The van der Waals surface area contributed by atoms with Gasteiger partial charge in [-0.2, -0.15) is 0 Å². The summed E-state index contributed by atoms with van der Waals surface area (Å²) >= 11 is 24.3. The van der Waals surface area contributed by atoms with Gasteiger partial charge in [0.25, 0.3) is 17.7 Å². The smallest absolute Gasteiger partial charge is 0.283 e. The highest BCUT2D eigenvalue weighted by Gasteiger charge is 2.40. The molecule has 3 aromatic rings. The predicted molar refractivity (Wildman–Crippen MR) is 136 cm³/mol. The zero-order valence-corrected chi connectivity index (χ0v) is 20.5. The first-order valence-electron chi connectivity index (χ1n) is 9.84. The van der Waals surface area contributed by atoms with E-state index in [4.69, 9.17) is 46.4 Å². The Hall–Kier alpha value is -3.03. The second kappa shape index (κ2) is 9.68. The number of rotatable bonds is 5. The molecule has 0 spiro atoms. The van der Waals surface area contributed by atoms with Crippen molar-refractivity contribution in [1.82, 2.24) is 0 Å². The maximum atomic E-state index is 13.0. The van der Waals surface area contributed by atoms with Gasteiger partial charge >= 0.3 is 0 Å². The van der Waals surface area contributed by atoms with E-state index in [1.165, 1.54) is 6.07 Å². The van der Waals surface area contributed by atoms with Gasteiger partial charge in [-0.3, -0.25) is 14.4 Å². The normalized spacial score (nSPS) is 13.5. The molecule has 10 heteroatoms. The van der Waals surface area contributed by atoms with Crippen molar-refractivity contribution in [2.24, 2.45) is 0 Å². The Balaban J connectivity index is 1.50. The van der Waals surface area contributed by atoms with Crippen molar-refractivity contribution in [3.63, 3.8) is 0 Å². The molecule has 34 heavy (non-hydrogen) atoms. The molecule has 172 valence electrons. The zero-order valence-electron chi connectivity index (χ0n) is 17.5. The quantitative estimate of drug-likeness (QED) is 0.359. The summed E-state index contributed by atoms with van der Waals surface area (Å²) in [5.74, 6) is -1.73. The standard InChI is InChI=1S/C24H15Cl4N3O3/c1-12-11-14(25)7-10-17(12)30-22(32)13-5-8-15(9-6-13)29-21-20(28)23(33)31(24(21)34)18-4-2-3-16(26)19(18)27/h2-11,29H,1H3,(H,30,32). The third kappa shape index (κ3) is 4.63. The molecule has 0 fully saturated rings. The first-order chi connectivity index (χ1) is 16.2. The highest BCUT2D eigenvalue weighted by molar-refractivity contribution is 6.54. The van der Waals surface area contributed by atoms with Crippen LogP contribution in [0.2, 0.25) is 15.1 Å². The van der Waals surface area contributed by atoms with Crippen LogP contribution >= 0.6 is 46.4 Å². The summed E-state index contributed by atoms with van der Waals surface area (Å²) in [6.45, 7) is 1.84. The Labute approximate surface area is 215 Å². The summed E-state index contributed by atoms with van der Waals surface area (Å²) in [7, 11) is 0. The Kier molecular flexibility index (Phi) is 6.86. The van der Waals surface area contributed by atoms with Gasteiger partial charge in [-0.15, -0.1) is 0 Å². The zero-order chi connectivity index (χ0) is 24.6. The van der Waals surface area contributed by atoms with Crippen molar-refractivity contribution >= 4 is 81.2 Å². The number of nitrogens with one attached hydrogen (secondary N) is 2. The number of hydrogen-bond donors (Lipinski definition) is 2. The first kappa shape index (κ1) is 24.1. The largest absolute Gasteiger partial charge is 0.350 e. The Morgan fingerprint density at radius 1 is 0.882 bits per heavy atom. The predicted octanol–water partition coefficient (Wildman–Crippen LogP) is 6.64. The molecule has 0 saturated carbocycles. The minimum Gasteiger partial charge on any atom is -0.350 e. The second-order valence-electron chi connectivity index (χ2n) is 7.32. The van der Waals surface area contributed by atoms with Crippen molar-refractivity contribution in [2.75, 3.05) is 15.5 Å². The third-order valence-corrected chi connectivity index (χ3v) is 6.45. The fourth-order valence-electron chi connectivity index (χ4n) is 3.31. The molecular weight excluding hydrogens is 520 g/mol. The summed E-state index contributed by atoms with van der Waals surface area (Å²) < 4.78 is 0. The van der Waals surface area contributed by atoms with E-state index in [-0.39, 0.29) is 32.4 Å². The second-order valence-corrected chi connectivity index (χ2v) is 8.92. The lowest BCUT2D eigenvalue weighted by Gasteiger charge is -2.17. The van der Waals surface area contributed by atoms with Crippen molar-refractivity contribution < 1.29 is 14.4 Å². The number of amides is 3. The molecule has 1 aliphatic rings. The lowest BCUT2D eigenvalue weighted by atomic mass is 10.1. The monoisotopic (exact) mass is 533 g/mol. The van der Waals surface area contributed by atoms with E-state index < -0.39 is 11.8 Å². The lowest BCUT2D eigenvalue weighted by Crippen LogP contribution is -2.32. The molecule has 6 nitrogen and oxygen atoms in total.